The summed E-state index contributed by atoms with van der Waals surface area (Å²) in [5.74, 6) is 0.299. The molecule has 0 unspecified atom stereocenters. The van der Waals surface area contributed by atoms with Gasteiger partial charge in [-0.15, -0.1) is 0 Å². The molecule has 0 saturated heterocycles. The van der Waals surface area contributed by atoms with Crippen molar-refractivity contribution in [2.75, 3.05) is 0 Å². The molecule has 0 aromatic heterocycles. The second-order valence-electron chi connectivity index (χ2n) is 8.68. The standard InChI is InChI=1S/C21H29BrN2O4/c1-21(2,3)28-20(26)24-16-10-8-15(9-11-16)23-19(25)27-18-12-17(18)13-4-6-14(22)7-5-13/h4-7,15-18H,8-12H2,1-3H3,(H,23,25)(H,24,26)/t15-,16-,17-,18+/m0/s1. The maximum atomic E-state index is 12.2. The molecule has 7 heteroatoms. The summed E-state index contributed by atoms with van der Waals surface area (Å²) < 4.78 is 11.9. The molecule has 2 N–H and O–H groups in total. The highest BCUT2D eigenvalue weighted by atomic mass is 79.9. The van der Waals surface area contributed by atoms with E-state index < -0.39 is 5.60 Å². The minimum Gasteiger partial charge on any atom is -0.446 e. The van der Waals surface area contributed by atoms with Gasteiger partial charge in [0.15, 0.2) is 0 Å². The second-order valence-corrected chi connectivity index (χ2v) is 9.59. The number of halogens is 1. The van der Waals surface area contributed by atoms with Crippen LogP contribution in [0.4, 0.5) is 9.59 Å². The second kappa shape index (κ2) is 8.72. The lowest BCUT2D eigenvalue weighted by molar-refractivity contribution is 0.0488. The van der Waals surface area contributed by atoms with Gasteiger partial charge in [0.1, 0.15) is 11.7 Å². The molecule has 3 rings (SSSR count). The van der Waals surface area contributed by atoms with Crippen molar-refractivity contribution in [1.29, 1.82) is 0 Å². The number of ether oxygens (including phenoxy) is 2. The summed E-state index contributed by atoms with van der Waals surface area (Å²) in [7, 11) is 0. The van der Waals surface area contributed by atoms with Crippen LogP contribution in [-0.2, 0) is 9.47 Å². The number of rotatable bonds is 4. The van der Waals surface area contributed by atoms with Crippen LogP contribution in [0.15, 0.2) is 28.7 Å². The van der Waals surface area contributed by atoms with Gasteiger partial charge in [0.25, 0.3) is 0 Å². The lowest BCUT2D eigenvalue weighted by Gasteiger charge is -2.30. The maximum absolute atomic E-state index is 12.2. The molecule has 1 aromatic carbocycles. The van der Waals surface area contributed by atoms with E-state index in [-0.39, 0.29) is 30.4 Å². The molecule has 0 spiro atoms. The average molecular weight is 453 g/mol. The van der Waals surface area contributed by atoms with Crippen LogP contribution >= 0.6 is 15.9 Å². The van der Waals surface area contributed by atoms with Crippen molar-refractivity contribution in [2.24, 2.45) is 0 Å². The van der Waals surface area contributed by atoms with Crippen LogP contribution in [0.2, 0.25) is 0 Å². The Hall–Kier alpha value is -1.76. The van der Waals surface area contributed by atoms with E-state index in [0.717, 1.165) is 36.6 Å². The first kappa shape index (κ1) is 21.0. The summed E-state index contributed by atoms with van der Waals surface area (Å²) in [5, 5.41) is 5.88. The van der Waals surface area contributed by atoms with E-state index in [2.05, 4.69) is 38.7 Å². The lowest BCUT2D eigenvalue weighted by Crippen LogP contribution is -2.45. The van der Waals surface area contributed by atoms with E-state index in [0.29, 0.717) is 5.92 Å². The largest absolute Gasteiger partial charge is 0.446 e. The maximum Gasteiger partial charge on any atom is 0.407 e. The Labute approximate surface area is 174 Å². The van der Waals surface area contributed by atoms with E-state index in [4.69, 9.17) is 9.47 Å². The van der Waals surface area contributed by atoms with Gasteiger partial charge in [-0.25, -0.2) is 9.59 Å². The quantitative estimate of drug-likeness (QED) is 0.682. The van der Waals surface area contributed by atoms with E-state index in [1.807, 2.05) is 32.9 Å². The van der Waals surface area contributed by atoms with Gasteiger partial charge in [-0.1, -0.05) is 28.1 Å². The minimum atomic E-state index is -0.497. The molecule has 2 amide bonds. The number of hydrogen-bond acceptors (Lipinski definition) is 4. The Balaban J connectivity index is 1.34. The Morgan fingerprint density at radius 3 is 2.04 bits per heavy atom. The van der Waals surface area contributed by atoms with Crippen LogP contribution in [0.25, 0.3) is 0 Å². The summed E-state index contributed by atoms with van der Waals surface area (Å²) in [5.41, 5.74) is 0.707. The van der Waals surface area contributed by atoms with Gasteiger partial charge in [0.05, 0.1) is 0 Å². The van der Waals surface area contributed by atoms with Gasteiger partial charge in [-0.2, -0.15) is 0 Å². The minimum absolute atomic E-state index is 0.0358. The van der Waals surface area contributed by atoms with E-state index in [9.17, 15) is 9.59 Å². The van der Waals surface area contributed by atoms with Crippen molar-refractivity contribution in [1.82, 2.24) is 10.6 Å². The van der Waals surface area contributed by atoms with Crippen LogP contribution < -0.4 is 10.6 Å². The van der Waals surface area contributed by atoms with E-state index in [1.165, 1.54) is 5.56 Å². The van der Waals surface area contributed by atoms with Crippen LogP contribution in [0.1, 0.15) is 64.4 Å². The summed E-state index contributed by atoms with van der Waals surface area (Å²) in [6.07, 6.45) is 3.38. The number of amides is 2. The highest BCUT2D eigenvalue weighted by Gasteiger charge is 2.42. The Morgan fingerprint density at radius 1 is 0.964 bits per heavy atom. The summed E-state index contributed by atoms with van der Waals surface area (Å²) in [4.78, 5) is 24.0. The van der Waals surface area contributed by atoms with Crippen molar-refractivity contribution >= 4 is 28.1 Å². The molecule has 28 heavy (non-hydrogen) atoms. The number of hydrogen-bond donors (Lipinski definition) is 2. The molecule has 0 radical (unpaired) electrons. The monoisotopic (exact) mass is 452 g/mol. The molecule has 1 aromatic rings. The topological polar surface area (TPSA) is 76.7 Å². The molecule has 154 valence electrons. The van der Waals surface area contributed by atoms with Crippen molar-refractivity contribution in [3.63, 3.8) is 0 Å². The van der Waals surface area contributed by atoms with E-state index in [1.54, 1.807) is 0 Å². The molecule has 6 nitrogen and oxygen atoms in total. The van der Waals surface area contributed by atoms with Crippen molar-refractivity contribution < 1.29 is 19.1 Å². The molecular weight excluding hydrogens is 424 g/mol. The molecule has 2 atom stereocenters. The fourth-order valence-electron chi connectivity index (χ4n) is 3.56. The van der Waals surface area contributed by atoms with Crippen molar-refractivity contribution in [3.05, 3.63) is 34.3 Å². The Morgan fingerprint density at radius 2 is 1.50 bits per heavy atom. The predicted octanol–water partition coefficient (Wildman–Crippen LogP) is 4.87. The van der Waals surface area contributed by atoms with Crippen LogP contribution in [0, 0.1) is 0 Å². The first-order chi connectivity index (χ1) is 13.2. The number of carbonyl (C=O) groups is 2. The molecule has 2 saturated carbocycles. The Kier molecular flexibility index (Phi) is 6.53. The van der Waals surface area contributed by atoms with Crippen LogP contribution in [0.5, 0.6) is 0 Å². The Bertz CT molecular complexity index is 693. The van der Waals surface area contributed by atoms with Crippen LogP contribution in [0.3, 0.4) is 0 Å². The van der Waals surface area contributed by atoms with Gasteiger partial charge in [0.2, 0.25) is 0 Å². The zero-order valence-corrected chi connectivity index (χ0v) is 18.3. The summed E-state index contributed by atoms with van der Waals surface area (Å²) in [6, 6.07) is 8.33. The smallest absolute Gasteiger partial charge is 0.407 e. The first-order valence-corrected chi connectivity index (χ1v) is 10.7. The normalized spacial score (nSPS) is 26.9. The molecule has 2 aliphatic rings. The highest BCUT2D eigenvalue weighted by Crippen LogP contribution is 2.43. The fraction of sp³-hybridized carbons (Fsp3) is 0.619. The van der Waals surface area contributed by atoms with Gasteiger partial charge in [-0.3, -0.25) is 0 Å². The van der Waals surface area contributed by atoms with Gasteiger partial charge < -0.3 is 20.1 Å². The van der Waals surface area contributed by atoms with Gasteiger partial charge >= 0.3 is 12.2 Å². The average Bonchev–Trinajstić information content (AvgIpc) is 3.34. The third kappa shape index (κ3) is 6.40. The molecule has 0 heterocycles. The third-order valence-electron chi connectivity index (χ3n) is 5.06. The number of alkyl carbamates (subject to hydrolysis) is 2. The SMILES string of the molecule is CC(C)(C)OC(=O)N[C@H]1CC[C@H](NC(=O)O[C@@H]2C[C@H]2c2ccc(Br)cc2)CC1. The fourth-order valence-corrected chi connectivity index (χ4v) is 3.82. The highest BCUT2D eigenvalue weighted by molar-refractivity contribution is 9.10. The molecule has 0 aliphatic heterocycles. The van der Waals surface area contributed by atoms with Gasteiger partial charge in [0, 0.05) is 22.5 Å². The van der Waals surface area contributed by atoms with Gasteiger partial charge in [-0.05, 0) is 70.6 Å². The number of nitrogens with one attached hydrogen (secondary N) is 2. The lowest BCUT2D eigenvalue weighted by atomic mass is 9.91. The van der Waals surface area contributed by atoms with E-state index >= 15 is 0 Å². The zero-order valence-electron chi connectivity index (χ0n) is 16.7. The molecule has 2 fully saturated rings. The first-order valence-electron chi connectivity index (χ1n) is 9.92. The third-order valence-corrected chi connectivity index (χ3v) is 5.59. The van der Waals surface area contributed by atoms with Crippen molar-refractivity contribution in [3.8, 4) is 0 Å². The summed E-state index contributed by atoms with van der Waals surface area (Å²) >= 11 is 3.43. The molecular formula is C21H29BrN2O4. The number of carbonyl (C=O) groups excluding carboxylic acids is 2. The predicted molar refractivity (Wildman–Crippen MR) is 110 cm³/mol. The zero-order chi connectivity index (χ0) is 20.3. The number of benzene rings is 1. The molecule has 0 bridgehead atoms. The summed E-state index contributed by atoms with van der Waals surface area (Å²) in [6.45, 7) is 5.54. The van der Waals surface area contributed by atoms with Crippen LogP contribution in [-0.4, -0.2) is 36.0 Å². The van der Waals surface area contributed by atoms with Crippen molar-refractivity contribution in [2.45, 2.75) is 82.6 Å². The molecule has 2 aliphatic carbocycles.